The molecule has 0 aliphatic heterocycles. The Morgan fingerprint density at radius 2 is 1.95 bits per heavy atom. The Kier molecular flexibility index (Phi) is 3.73. The van der Waals surface area contributed by atoms with Crippen LogP contribution in [0.1, 0.15) is 30.5 Å². The maximum atomic E-state index is 13.5. The van der Waals surface area contributed by atoms with Crippen LogP contribution in [0.3, 0.4) is 0 Å². The molecule has 110 valence electrons. The molecule has 0 fully saturated rings. The fraction of sp³-hybridized carbons (Fsp3) is 0.375. The second kappa shape index (κ2) is 5.68. The van der Waals surface area contributed by atoms with Crippen molar-refractivity contribution in [2.24, 2.45) is 0 Å². The molecule has 0 spiro atoms. The van der Waals surface area contributed by atoms with E-state index in [-0.39, 0.29) is 5.75 Å². The van der Waals surface area contributed by atoms with Gasteiger partial charge in [0.25, 0.3) is 0 Å². The average Bonchev–Trinajstić information content (AvgIpc) is 2.74. The number of hydrogen-bond donors (Lipinski definition) is 2. The first kappa shape index (κ1) is 13.8. The average molecular weight is 287 g/mol. The van der Waals surface area contributed by atoms with Crippen molar-refractivity contribution in [1.29, 1.82) is 0 Å². The smallest absolute Gasteiger partial charge is 0.165 e. The van der Waals surface area contributed by atoms with Gasteiger partial charge in [-0.2, -0.15) is 0 Å². The van der Waals surface area contributed by atoms with Crippen LogP contribution in [-0.2, 0) is 12.8 Å². The van der Waals surface area contributed by atoms with E-state index in [2.05, 4.69) is 15.3 Å². The molecule has 0 bridgehead atoms. The molecule has 0 saturated carbocycles. The summed E-state index contributed by atoms with van der Waals surface area (Å²) >= 11 is 0. The highest BCUT2D eigenvalue weighted by Crippen LogP contribution is 2.29. The van der Waals surface area contributed by atoms with Gasteiger partial charge in [0.1, 0.15) is 5.82 Å². The summed E-state index contributed by atoms with van der Waals surface area (Å²) in [5, 5.41) is 12.4. The number of nitrogens with one attached hydrogen (secondary N) is 1. The zero-order valence-corrected chi connectivity index (χ0v) is 12.0. The van der Waals surface area contributed by atoms with E-state index in [1.165, 1.54) is 24.1 Å². The van der Waals surface area contributed by atoms with Crippen molar-refractivity contribution >= 4 is 5.82 Å². The van der Waals surface area contributed by atoms with Crippen LogP contribution in [-0.4, -0.2) is 22.1 Å². The molecule has 0 amide bonds. The van der Waals surface area contributed by atoms with E-state index in [0.717, 1.165) is 37.2 Å². The van der Waals surface area contributed by atoms with E-state index in [1.807, 2.05) is 7.05 Å². The number of hydrogen-bond acceptors (Lipinski definition) is 4. The van der Waals surface area contributed by atoms with Crippen LogP contribution in [0.4, 0.5) is 10.2 Å². The minimum absolute atomic E-state index is 0.359. The standard InChI is InChI=1S/C16H18FN3O/c1-18-16-11-5-3-2-4-6-13(11)19-15(20-16)10-7-8-14(21)12(17)9-10/h7-9,21H,2-6H2,1H3,(H,18,19,20). The first-order chi connectivity index (χ1) is 10.2. The highest BCUT2D eigenvalue weighted by atomic mass is 19.1. The summed E-state index contributed by atoms with van der Waals surface area (Å²) in [7, 11) is 1.84. The van der Waals surface area contributed by atoms with Gasteiger partial charge in [0.2, 0.25) is 0 Å². The van der Waals surface area contributed by atoms with Crippen LogP contribution in [0.2, 0.25) is 0 Å². The van der Waals surface area contributed by atoms with Crippen molar-refractivity contribution in [3.63, 3.8) is 0 Å². The Balaban J connectivity index is 2.10. The summed E-state index contributed by atoms with van der Waals surface area (Å²) < 4.78 is 13.5. The molecular formula is C16H18FN3O. The SMILES string of the molecule is CNc1nc(-c2ccc(O)c(F)c2)nc2c1CCCCC2. The topological polar surface area (TPSA) is 58.0 Å². The fourth-order valence-corrected chi connectivity index (χ4v) is 2.75. The van der Waals surface area contributed by atoms with Gasteiger partial charge in [0, 0.05) is 23.9 Å². The molecule has 1 aliphatic rings. The number of aromatic nitrogens is 2. The van der Waals surface area contributed by atoms with Crippen molar-refractivity contribution in [3.05, 3.63) is 35.3 Å². The number of phenols is 1. The molecule has 0 unspecified atom stereocenters. The normalized spacial score (nSPS) is 14.4. The van der Waals surface area contributed by atoms with Gasteiger partial charge < -0.3 is 10.4 Å². The van der Waals surface area contributed by atoms with Gasteiger partial charge in [-0.05, 0) is 43.9 Å². The highest BCUT2D eigenvalue weighted by molar-refractivity contribution is 5.61. The lowest BCUT2D eigenvalue weighted by Gasteiger charge is -2.13. The van der Waals surface area contributed by atoms with Crippen LogP contribution < -0.4 is 5.32 Å². The number of anilines is 1. The number of fused-ring (bicyclic) bond motifs is 1. The van der Waals surface area contributed by atoms with Crippen molar-refractivity contribution < 1.29 is 9.50 Å². The lowest BCUT2D eigenvalue weighted by atomic mass is 10.1. The van der Waals surface area contributed by atoms with Gasteiger partial charge in [-0.15, -0.1) is 0 Å². The third kappa shape index (κ3) is 2.68. The van der Waals surface area contributed by atoms with Crippen molar-refractivity contribution in [1.82, 2.24) is 9.97 Å². The molecule has 21 heavy (non-hydrogen) atoms. The Labute approximate surface area is 123 Å². The number of halogens is 1. The van der Waals surface area contributed by atoms with E-state index in [9.17, 15) is 9.50 Å². The Morgan fingerprint density at radius 3 is 2.71 bits per heavy atom. The molecule has 1 aliphatic carbocycles. The Hall–Kier alpha value is -2.17. The zero-order valence-electron chi connectivity index (χ0n) is 12.0. The number of nitrogens with zero attached hydrogens (tertiary/aromatic N) is 2. The second-order valence-corrected chi connectivity index (χ2v) is 5.30. The van der Waals surface area contributed by atoms with Gasteiger partial charge in [-0.1, -0.05) is 6.42 Å². The first-order valence-corrected chi connectivity index (χ1v) is 7.25. The molecule has 0 atom stereocenters. The maximum absolute atomic E-state index is 13.5. The van der Waals surface area contributed by atoms with Gasteiger partial charge >= 0.3 is 0 Å². The van der Waals surface area contributed by atoms with Crippen molar-refractivity contribution in [2.75, 3.05) is 12.4 Å². The lowest BCUT2D eigenvalue weighted by molar-refractivity contribution is 0.432. The van der Waals surface area contributed by atoms with E-state index >= 15 is 0 Å². The first-order valence-electron chi connectivity index (χ1n) is 7.25. The molecule has 5 heteroatoms. The predicted molar refractivity (Wildman–Crippen MR) is 79.9 cm³/mol. The molecule has 1 heterocycles. The lowest BCUT2D eigenvalue weighted by Crippen LogP contribution is -2.07. The van der Waals surface area contributed by atoms with E-state index < -0.39 is 5.82 Å². The van der Waals surface area contributed by atoms with Crippen LogP contribution >= 0.6 is 0 Å². The summed E-state index contributed by atoms with van der Waals surface area (Å²) in [5.74, 6) is 0.309. The number of benzene rings is 1. The minimum atomic E-state index is -0.656. The van der Waals surface area contributed by atoms with Gasteiger partial charge in [-0.25, -0.2) is 14.4 Å². The molecule has 1 aromatic heterocycles. The van der Waals surface area contributed by atoms with E-state index in [4.69, 9.17) is 0 Å². The van der Waals surface area contributed by atoms with Gasteiger partial charge in [-0.3, -0.25) is 0 Å². The summed E-state index contributed by atoms with van der Waals surface area (Å²) in [6.45, 7) is 0. The second-order valence-electron chi connectivity index (χ2n) is 5.30. The summed E-state index contributed by atoms with van der Waals surface area (Å²) in [6.07, 6.45) is 5.38. The number of aryl methyl sites for hydroxylation is 1. The zero-order chi connectivity index (χ0) is 14.8. The largest absolute Gasteiger partial charge is 0.505 e. The molecule has 2 aromatic rings. The fourth-order valence-electron chi connectivity index (χ4n) is 2.75. The molecule has 0 radical (unpaired) electrons. The van der Waals surface area contributed by atoms with Crippen LogP contribution in [0.25, 0.3) is 11.4 Å². The molecule has 0 saturated heterocycles. The maximum Gasteiger partial charge on any atom is 0.165 e. The van der Waals surface area contributed by atoms with Crippen molar-refractivity contribution in [2.45, 2.75) is 32.1 Å². The Morgan fingerprint density at radius 1 is 1.14 bits per heavy atom. The van der Waals surface area contributed by atoms with Gasteiger partial charge in [0.15, 0.2) is 17.4 Å². The van der Waals surface area contributed by atoms with Crippen molar-refractivity contribution in [3.8, 4) is 17.1 Å². The summed E-state index contributed by atoms with van der Waals surface area (Å²) in [4.78, 5) is 9.14. The third-order valence-electron chi connectivity index (χ3n) is 3.88. The highest BCUT2D eigenvalue weighted by Gasteiger charge is 2.17. The molecule has 3 rings (SSSR count). The summed E-state index contributed by atoms with van der Waals surface area (Å²) in [5.41, 5.74) is 2.81. The predicted octanol–water partition coefficient (Wildman–Crippen LogP) is 3.30. The van der Waals surface area contributed by atoms with Crippen LogP contribution in [0.15, 0.2) is 18.2 Å². The monoisotopic (exact) mass is 287 g/mol. The quantitative estimate of drug-likeness (QED) is 0.832. The molecular weight excluding hydrogens is 269 g/mol. The van der Waals surface area contributed by atoms with Crippen LogP contribution in [0.5, 0.6) is 5.75 Å². The molecule has 2 N–H and O–H groups in total. The minimum Gasteiger partial charge on any atom is -0.505 e. The van der Waals surface area contributed by atoms with E-state index in [1.54, 1.807) is 6.07 Å². The summed E-state index contributed by atoms with van der Waals surface area (Å²) in [6, 6.07) is 4.24. The van der Waals surface area contributed by atoms with E-state index in [0.29, 0.717) is 11.4 Å². The Bertz CT molecular complexity index is 673. The number of rotatable bonds is 2. The van der Waals surface area contributed by atoms with Gasteiger partial charge in [0.05, 0.1) is 0 Å². The third-order valence-corrected chi connectivity index (χ3v) is 3.88. The number of aromatic hydroxyl groups is 1. The van der Waals surface area contributed by atoms with Crippen LogP contribution in [0, 0.1) is 5.82 Å². The number of phenolic OH excluding ortho intramolecular Hbond substituents is 1. The molecule has 1 aromatic carbocycles. The molecule has 4 nitrogen and oxygen atoms in total.